The molecule has 1 fully saturated rings. The molecule has 3 rings (SSSR count). The van der Waals surface area contributed by atoms with Gasteiger partial charge in [0.05, 0.1) is 19.2 Å². The average molecular weight is 324 g/mol. The smallest absolute Gasteiger partial charge is 0.256 e. The highest BCUT2D eigenvalue weighted by Crippen LogP contribution is 2.28. The SMILES string of the molecule is CCc1ccccc1N1C(=O)CC(Nc2ccc(OC)cc2)C1=O. The zero-order valence-corrected chi connectivity index (χ0v) is 13.8. The number of nitrogens with one attached hydrogen (secondary N) is 1. The van der Waals surface area contributed by atoms with Crippen LogP contribution in [0, 0.1) is 0 Å². The maximum absolute atomic E-state index is 12.7. The Morgan fingerprint density at radius 1 is 1.12 bits per heavy atom. The normalized spacial score (nSPS) is 17.2. The predicted molar refractivity (Wildman–Crippen MR) is 93.3 cm³/mol. The van der Waals surface area contributed by atoms with E-state index in [2.05, 4.69) is 5.32 Å². The van der Waals surface area contributed by atoms with Crippen molar-refractivity contribution in [1.82, 2.24) is 0 Å². The third kappa shape index (κ3) is 2.97. The minimum Gasteiger partial charge on any atom is -0.497 e. The van der Waals surface area contributed by atoms with Crippen molar-refractivity contribution < 1.29 is 14.3 Å². The van der Waals surface area contributed by atoms with Crippen molar-refractivity contribution in [3.05, 3.63) is 54.1 Å². The van der Waals surface area contributed by atoms with Crippen LogP contribution in [0.15, 0.2) is 48.5 Å². The fourth-order valence-corrected chi connectivity index (χ4v) is 2.91. The van der Waals surface area contributed by atoms with Gasteiger partial charge in [0.15, 0.2) is 0 Å². The second kappa shape index (κ2) is 6.74. The molecule has 0 bridgehead atoms. The summed E-state index contributed by atoms with van der Waals surface area (Å²) in [6, 6.07) is 14.3. The lowest BCUT2D eigenvalue weighted by atomic mass is 10.1. The van der Waals surface area contributed by atoms with E-state index in [1.165, 1.54) is 4.90 Å². The van der Waals surface area contributed by atoms with Crippen LogP contribution in [0.1, 0.15) is 18.9 Å². The largest absolute Gasteiger partial charge is 0.497 e. The lowest BCUT2D eigenvalue weighted by Gasteiger charge is -2.19. The molecular formula is C19H20N2O3. The van der Waals surface area contributed by atoms with Gasteiger partial charge in [-0.2, -0.15) is 0 Å². The zero-order chi connectivity index (χ0) is 17.1. The minimum absolute atomic E-state index is 0.156. The number of rotatable bonds is 5. The van der Waals surface area contributed by atoms with Crippen LogP contribution >= 0.6 is 0 Å². The van der Waals surface area contributed by atoms with E-state index < -0.39 is 6.04 Å². The first-order chi connectivity index (χ1) is 11.6. The second-order valence-corrected chi connectivity index (χ2v) is 5.68. The summed E-state index contributed by atoms with van der Waals surface area (Å²) in [5.74, 6) is 0.358. The molecule has 1 heterocycles. The Morgan fingerprint density at radius 3 is 2.50 bits per heavy atom. The maximum Gasteiger partial charge on any atom is 0.256 e. The molecule has 1 aliphatic heterocycles. The van der Waals surface area contributed by atoms with Gasteiger partial charge in [0.1, 0.15) is 11.8 Å². The zero-order valence-electron chi connectivity index (χ0n) is 13.8. The Morgan fingerprint density at radius 2 is 1.83 bits per heavy atom. The number of carbonyl (C=O) groups excluding carboxylic acids is 2. The fraction of sp³-hybridized carbons (Fsp3) is 0.263. The summed E-state index contributed by atoms with van der Waals surface area (Å²) in [7, 11) is 1.60. The van der Waals surface area contributed by atoms with E-state index >= 15 is 0 Å². The van der Waals surface area contributed by atoms with Crippen molar-refractivity contribution in [1.29, 1.82) is 0 Å². The molecule has 2 aromatic rings. The van der Waals surface area contributed by atoms with Crippen molar-refractivity contribution >= 4 is 23.2 Å². The minimum atomic E-state index is -0.546. The van der Waals surface area contributed by atoms with E-state index in [0.717, 1.165) is 23.4 Å². The summed E-state index contributed by atoms with van der Waals surface area (Å²) in [4.78, 5) is 26.4. The van der Waals surface area contributed by atoms with Crippen molar-refractivity contribution in [3.8, 4) is 5.75 Å². The van der Waals surface area contributed by atoms with Gasteiger partial charge in [0, 0.05) is 5.69 Å². The number of hydrogen-bond donors (Lipinski definition) is 1. The highest BCUT2D eigenvalue weighted by atomic mass is 16.5. The molecule has 24 heavy (non-hydrogen) atoms. The molecular weight excluding hydrogens is 304 g/mol. The number of aryl methyl sites for hydroxylation is 1. The summed E-state index contributed by atoms with van der Waals surface area (Å²) >= 11 is 0. The van der Waals surface area contributed by atoms with Gasteiger partial charge in [0.2, 0.25) is 5.91 Å². The third-order valence-electron chi connectivity index (χ3n) is 4.19. The molecule has 0 aromatic heterocycles. The lowest BCUT2D eigenvalue weighted by molar-refractivity contribution is -0.121. The van der Waals surface area contributed by atoms with Gasteiger partial charge >= 0.3 is 0 Å². The number of nitrogens with zero attached hydrogens (tertiary/aromatic N) is 1. The molecule has 2 amide bonds. The van der Waals surface area contributed by atoms with Gasteiger partial charge in [0.25, 0.3) is 5.91 Å². The van der Waals surface area contributed by atoms with Crippen LogP contribution in [0.3, 0.4) is 0 Å². The van der Waals surface area contributed by atoms with Gasteiger partial charge < -0.3 is 10.1 Å². The van der Waals surface area contributed by atoms with E-state index in [-0.39, 0.29) is 18.2 Å². The summed E-state index contributed by atoms with van der Waals surface area (Å²) in [5.41, 5.74) is 2.46. The molecule has 0 aliphatic carbocycles. The summed E-state index contributed by atoms with van der Waals surface area (Å²) in [5, 5.41) is 3.14. The molecule has 5 heteroatoms. The number of para-hydroxylation sites is 1. The van der Waals surface area contributed by atoms with Crippen molar-refractivity contribution in [2.45, 2.75) is 25.8 Å². The Kier molecular flexibility index (Phi) is 4.51. The third-order valence-corrected chi connectivity index (χ3v) is 4.19. The average Bonchev–Trinajstić information content (AvgIpc) is 2.89. The molecule has 124 valence electrons. The molecule has 1 unspecified atom stereocenters. The molecule has 1 N–H and O–H groups in total. The van der Waals surface area contributed by atoms with E-state index in [1.54, 1.807) is 7.11 Å². The molecule has 1 aliphatic rings. The number of imide groups is 1. The van der Waals surface area contributed by atoms with Gasteiger partial charge in [-0.15, -0.1) is 0 Å². The van der Waals surface area contributed by atoms with Crippen LogP contribution in [0.4, 0.5) is 11.4 Å². The standard InChI is InChI=1S/C19H20N2O3/c1-3-13-6-4-5-7-17(13)21-18(22)12-16(19(21)23)20-14-8-10-15(24-2)11-9-14/h4-11,16,20H,3,12H2,1-2H3. The van der Waals surface area contributed by atoms with Crippen LogP contribution < -0.4 is 15.0 Å². The van der Waals surface area contributed by atoms with Crippen LogP contribution in [0.25, 0.3) is 0 Å². The quantitative estimate of drug-likeness (QED) is 0.859. The van der Waals surface area contributed by atoms with Crippen LogP contribution in [0.2, 0.25) is 0 Å². The second-order valence-electron chi connectivity index (χ2n) is 5.68. The summed E-state index contributed by atoms with van der Waals surface area (Å²) in [6.45, 7) is 2.01. The first-order valence-electron chi connectivity index (χ1n) is 7.99. The van der Waals surface area contributed by atoms with Crippen LogP contribution in [-0.2, 0) is 16.0 Å². The Balaban J connectivity index is 1.81. The molecule has 5 nitrogen and oxygen atoms in total. The summed E-state index contributed by atoms with van der Waals surface area (Å²) < 4.78 is 5.12. The number of ether oxygens (including phenoxy) is 1. The molecule has 0 spiro atoms. The predicted octanol–water partition coefficient (Wildman–Crippen LogP) is 3.00. The van der Waals surface area contributed by atoms with Crippen molar-refractivity contribution in [2.75, 3.05) is 17.3 Å². The van der Waals surface area contributed by atoms with Gasteiger partial charge in [-0.05, 0) is 42.3 Å². The topological polar surface area (TPSA) is 58.6 Å². The molecule has 1 atom stereocenters. The van der Waals surface area contributed by atoms with Gasteiger partial charge in [-0.25, -0.2) is 4.90 Å². The molecule has 2 aromatic carbocycles. The number of amides is 2. The number of anilines is 2. The van der Waals surface area contributed by atoms with Gasteiger partial charge in [-0.1, -0.05) is 25.1 Å². The van der Waals surface area contributed by atoms with E-state index in [1.807, 2.05) is 55.5 Å². The Labute approximate surface area is 141 Å². The van der Waals surface area contributed by atoms with E-state index in [0.29, 0.717) is 5.69 Å². The highest BCUT2D eigenvalue weighted by molar-refractivity contribution is 6.23. The van der Waals surface area contributed by atoms with E-state index in [4.69, 9.17) is 4.74 Å². The molecule has 0 radical (unpaired) electrons. The number of hydrogen-bond acceptors (Lipinski definition) is 4. The van der Waals surface area contributed by atoms with E-state index in [9.17, 15) is 9.59 Å². The lowest BCUT2D eigenvalue weighted by Crippen LogP contribution is -2.35. The summed E-state index contributed by atoms with van der Waals surface area (Å²) in [6.07, 6.45) is 0.923. The number of carbonyl (C=O) groups is 2. The number of methoxy groups -OCH3 is 1. The monoisotopic (exact) mass is 324 g/mol. The Bertz CT molecular complexity index is 755. The highest BCUT2D eigenvalue weighted by Gasteiger charge is 2.40. The van der Waals surface area contributed by atoms with Crippen LogP contribution in [-0.4, -0.2) is 25.0 Å². The fourth-order valence-electron chi connectivity index (χ4n) is 2.91. The number of benzene rings is 2. The van der Waals surface area contributed by atoms with Gasteiger partial charge in [-0.3, -0.25) is 9.59 Å². The Hall–Kier alpha value is -2.82. The molecule has 1 saturated heterocycles. The van der Waals surface area contributed by atoms with Crippen molar-refractivity contribution in [2.24, 2.45) is 0 Å². The first-order valence-corrected chi connectivity index (χ1v) is 7.99. The molecule has 0 saturated carbocycles. The maximum atomic E-state index is 12.7. The van der Waals surface area contributed by atoms with Crippen LogP contribution in [0.5, 0.6) is 5.75 Å². The first kappa shape index (κ1) is 16.1. The van der Waals surface area contributed by atoms with Crippen molar-refractivity contribution in [3.63, 3.8) is 0 Å².